The number of ether oxygens (including phenoxy) is 1. The molecule has 3 heteroatoms. The molecule has 0 aliphatic carbocycles. The van der Waals surface area contributed by atoms with Gasteiger partial charge >= 0.3 is 0 Å². The highest BCUT2D eigenvalue weighted by Gasteiger charge is 2.15. The van der Waals surface area contributed by atoms with E-state index in [-0.39, 0.29) is 5.60 Å². The standard InChI is InChI=1S/C15H26N2O/c1-5-8-17-14(12-18-15(2,3)4)11-13-6-9-16-10-7-13/h6-7,9-10,14,17H,5,8,11-12H2,1-4H3. The third-order valence-electron chi connectivity index (χ3n) is 2.63. The molecule has 0 aliphatic rings. The lowest BCUT2D eigenvalue weighted by Crippen LogP contribution is -2.38. The molecule has 0 spiro atoms. The second kappa shape index (κ2) is 7.49. The topological polar surface area (TPSA) is 34.1 Å². The third-order valence-corrected chi connectivity index (χ3v) is 2.63. The van der Waals surface area contributed by atoms with E-state index in [0.29, 0.717) is 6.04 Å². The summed E-state index contributed by atoms with van der Waals surface area (Å²) in [5.41, 5.74) is 1.22. The summed E-state index contributed by atoms with van der Waals surface area (Å²) >= 11 is 0. The van der Waals surface area contributed by atoms with Gasteiger partial charge < -0.3 is 10.1 Å². The molecule has 0 aliphatic heterocycles. The minimum absolute atomic E-state index is 0.0790. The van der Waals surface area contributed by atoms with E-state index in [1.54, 1.807) is 0 Å². The Morgan fingerprint density at radius 2 is 1.94 bits per heavy atom. The summed E-state index contributed by atoms with van der Waals surface area (Å²) in [6.45, 7) is 10.2. The zero-order valence-corrected chi connectivity index (χ0v) is 12.1. The summed E-state index contributed by atoms with van der Waals surface area (Å²) in [5.74, 6) is 0. The molecule has 0 radical (unpaired) electrons. The van der Waals surface area contributed by atoms with E-state index in [1.165, 1.54) is 5.56 Å². The molecule has 0 aromatic carbocycles. The fourth-order valence-corrected chi connectivity index (χ4v) is 1.69. The van der Waals surface area contributed by atoms with Gasteiger partial charge in [0.15, 0.2) is 0 Å². The van der Waals surface area contributed by atoms with Gasteiger partial charge in [0.25, 0.3) is 0 Å². The highest BCUT2D eigenvalue weighted by molar-refractivity contribution is 5.11. The lowest BCUT2D eigenvalue weighted by atomic mass is 10.1. The number of pyridine rings is 1. The van der Waals surface area contributed by atoms with Gasteiger partial charge in [0.1, 0.15) is 0 Å². The summed E-state index contributed by atoms with van der Waals surface area (Å²) in [7, 11) is 0. The van der Waals surface area contributed by atoms with E-state index in [1.807, 2.05) is 12.4 Å². The van der Waals surface area contributed by atoms with E-state index in [9.17, 15) is 0 Å². The number of aromatic nitrogens is 1. The quantitative estimate of drug-likeness (QED) is 0.808. The minimum Gasteiger partial charge on any atom is -0.374 e. The number of hydrogen-bond donors (Lipinski definition) is 1. The SMILES string of the molecule is CCCNC(COC(C)(C)C)Cc1ccncc1. The molecule has 0 saturated heterocycles. The first kappa shape index (κ1) is 15.1. The van der Waals surface area contributed by atoms with Crippen LogP contribution < -0.4 is 5.32 Å². The van der Waals surface area contributed by atoms with Crippen LogP contribution in [0.5, 0.6) is 0 Å². The molecule has 0 bridgehead atoms. The molecule has 1 heterocycles. The average molecular weight is 250 g/mol. The number of hydrogen-bond acceptors (Lipinski definition) is 3. The zero-order chi connectivity index (χ0) is 13.4. The first-order chi connectivity index (χ1) is 8.51. The van der Waals surface area contributed by atoms with E-state index in [0.717, 1.165) is 26.0 Å². The number of nitrogens with one attached hydrogen (secondary N) is 1. The highest BCUT2D eigenvalue weighted by Crippen LogP contribution is 2.09. The second-order valence-electron chi connectivity index (χ2n) is 5.63. The predicted molar refractivity (Wildman–Crippen MR) is 75.7 cm³/mol. The number of rotatable bonds is 7. The van der Waals surface area contributed by atoms with Crippen LogP contribution in [-0.2, 0) is 11.2 Å². The van der Waals surface area contributed by atoms with Crippen LogP contribution in [0.4, 0.5) is 0 Å². The first-order valence-corrected chi connectivity index (χ1v) is 6.77. The summed E-state index contributed by atoms with van der Waals surface area (Å²) < 4.78 is 5.88. The Labute approximate surface area is 111 Å². The van der Waals surface area contributed by atoms with Crippen molar-refractivity contribution in [2.24, 2.45) is 0 Å². The van der Waals surface area contributed by atoms with Crippen LogP contribution in [0.15, 0.2) is 24.5 Å². The van der Waals surface area contributed by atoms with Gasteiger partial charge in [0, 0.05) is 18.4 Å². The molecule has 0 saturated carbocycles. The molecule has 18 heavy (non-hydrogen) atoms. The van der Waals surface area contributed by atoms with Crippen molar-refractivity contribution in [3.63, 3.8) is 0 Å². The van der Waals surface area contributed by atoms with Crippen LogP contribution in [0.1, 0.15) is 39.7 Å². The van der Waals surface area contributed by atoms with Gasteiger partial charge in [-0.25, -0.2) is 0 Å². The molecular weight excluding hydrogens is 224 g/mol. The van der Waals surface area contributed by atoms with Crippen molar-refractivity contribution in [3.8, 4) is 0 Å². The largest absolute Gasteiger partial charge is 0.374 e. The molecule has 1 N–H and O–H groups in total. The Kier molecular flexibility index (Phi) is 6.30. The normalized spacial score (nSPS) is 13.6. The summed E-state index contributed by atoms with van der Waals surface area (Å²) in [4.78, 5) is 4.05. The Balaban J connectivity index is 2.50. The van der Waals surface area contributed by atoms with Crippen LogP contribution in [0, 0.1) is 0 Å². The Bertz CT molecular complexity index is 319. The zero-order valence-electron chi connectivity index (χ0n) is 12.1. The van der Waals surface area contributed by atoms with Crippen molar-refractivity contribution in [3.05, 3.63) is 30.1 Å². The monoisotopic (exact) mass is 250 g/mol. The van der Waals surface area contributed by atoms with Crippen molar-refractivity contribution < 1.29 is 4.74 Å². The Morgan fingerprint density at radius 1 is 1.28 bits per heavy atom. The molecule has 0 amide bonds. The minimum atomic E-state index is -0.0790. The molecular formula is C15H26N2O. The fourth-order valence-electron chi connectivity index (χ4n) is 1.69. The van der Waals surface area contributed by atoms with Crippen LogP contribution in [0.25, 0.3) is 0 Å². The molecule has 0 fully saturated rings. The third kappa shape index (κ3) is 6.72. The van der Waals surface area contributed by atoms with Gasteiger partial charge in [-0.15, -0.1) is 0 Å². The van der Waals surface area contributed by atoms with Crippen molar-refractivity contribution in [2.45, 2.75) is 52.2 Å². The van der Waals surface area contributed by atoms with Crippen molar-refractivity contribution in [2.75, 3.05) is 13.2 Å². The van der Waals surface area contributed by atoms with Crippen molar-refractivity contribution in [1.82, 2.24) is 10.3 Å². The maximum atomic E-state index is 5.88. The van der Waals surface area contributed by atoms with Crippen LogP contribution in [0.3, 0.4) is 0 Å². The van der Waals surface area contributed by atoms with E-state index < -0.39 is 0 Å². The van der Waals surface area contributed by atoms with Crippen LogP contribution in [-0.4, -0.2) is 29.8 Å². The molecule has 102 valence electrons. The fraction of sp³-hybridized carbons (Fsp3) is 0.667. The van der Waals surface area contributed by atoms with Gasteiger partial charge in [-0.3, -0.25) is 4.98 Å². The maximum absolute atomic E-state index is 5.88. The summed E-state index contributed by atoms with van der Waals surface area (Å²) in [5, 5.41) is 3.55. The Morgan fingerprint density at radius 3 is 2.50 bits per heavy atom. The average Bonchev–Trinajstić information content (AvgIpc) is 2.33. The summed E-state index contributed by atoms with van der Waals surface area (Å²) in [6.07, 6.45) is 5.81. The molecule has 1 atom stereocenters. The van der Waals surface area contributed by atoms with Gasteiger partial charge in [-0.05, 0) is 57.9 Å². The predicted octanol–water partition coefficient (Wildman–Crippen LogP) is 2.81. The number of nitrogens with zero attached hydrogens (tertiary/aromatic N) is 1. The van der Waals surface area contributed by atoms with Gasteiger partial charge in [-0.1, -0.05) is 6.92 Å². The van der Waals surface area contributed by atoms with Gasteiger partial charge in [0.2, 0.25) is 0 Å². The lowest BCUT2D eigenvalue weighted by Gasteiger charge is -2.25. The van der Waals surface area contributed by atoms with E-state index >= 15 is 0 Å². The lowest BCUT2D eigenvalue weighted by molar-refractivity contribution is -0.0143. The second-order valence-corrected chi connectivity index (χ2v) is 5.63. The van der Waals surface area contributed by atoms with Crippen LogP contribution >= 0.6 is 0 Å². The van der Waals surface area contributed by atoms with E-state index in [2.05, 4.69) is 50.1 Å². The molecule has 1 rings (SSSR count). The molecule has 3 nitrogen and oxygen atoms in total. The summed E-state index contributed by atoms with van der Waals surface area (Å²) in [6, 6.07) is 4.50. The molecule has 1 aromatic rings. The molecule has 1 aromatic heterocycles. The Hall–Kier alpha value is -0.930. The van der Waals surface area contributed by atoms with Gasteiger partial charge in [0.05, 0.1) is 12.2 Å². The van der Waals surface area contributed by atoms with E-state index in [4.69, 9.17) is 4.74 Å². The van der Waals surface area contributed by atoms with Crippen molar-refractivity contribution in [1.29, 1.82) is 0 Å². The van der Waals surface area contributed by atoms with Crippen molar-refractivity contribution >= 4 is 0 Å². The molecule has 1 unspecified atom stereocenters. The van der Waals surface area contributed by atoms with Gasteiger partial charge in [-0.2, -0.15) is 0 Å². The smallest absolute Gasteiger partial charge is 0.0629 e. The first-order valence-electron chi connectivity index (χ1n) is 6.77. The highest BCUT2D eigenvalue weighted by atomic mass is 16.5. The maximum Gasteiger partial charge on any atom is 0.0629 e. The van der Waals surface area contributed by atoms with Crippen LogP contribution in [0.2, 0.25) is 0 Å².